The fourth-order valence-corrected chi connectivity index (χ4v) is 5.84. The maximum atomic E-state index is 13.3. The predicted molar refractivity (Wildman–Crippen MR) is 158 cm³/mol. The second kappa shape index (κ2) is 14.1. The molecule has 7 nitrogen and oxygen atoms in total. The van der Waals surface area contributed by atoms with E-state index in [2.05, 4.69) is 42.3 Å². The number of halogens is 1. The average molecular weight is 558 g/mol. The van der Waals surface area contributed by atoms with Gasteiger partial charge in [-0.1, -0.05) is 25.1 Å². The van der Waals surface area contributed by atoms with Crippen molar-refractivity contribution in [1.82, 2.24) is 10.2 Å². The molecule has 1 aliphatic carbocycles. The number of nitrogens with zero attached hydrogens (tertiary/aromatic N) is 2. The monoisotopic (exact) mass is 557 g/mol. The van der Waals surface area contributed by atoms with Gasteiger partial charge in [0.25, 0.3) is 0 Å². The summed E-state index contributed by atoms with van der Waals surface area (Å²) in [6.07, 6.45) is 3.78. The van der Waals surface area contributed by atoms with Crippen LogP contribution in [0.15, 0.2) is 42.5 Å². The normalized spacial score (nSPS) is 22.4. The number of ether oxygens (including phenoxy) is 1. The Balaban J connectivity index is 0.00000420. The summed E-state index contributed by atoms with van der Waals surface area (Å²) in [5.41, 5.74) is 4.26. The van der Waals surface area contributed by atoms with E-state index in [1.165, 1.54) is 11.1 Å². The third-order valence-electron chi connectivity index (χ3n) is 8.18. The van der Waals surface area contributed by atoms with Crippen molar-refractivity contribution in [3.63, 3.8) is 0 Å². The van der Waals surface area contributed by atoms with E-state index in [9.17, 15) is 14.7 Å². The number of aliphatic carboxylic acids is 1. The molecule has 0 radical (unpaired) electrons. The van der Waals surface area contributed by atoms with E-state index in [0.717, 1.165) is 63.1 Å². The SMILES string of the molecule is CCC(C(=O)O)c1cccc(O[C@H]2CC[C@H](C(=O)N(C)c3ccc(CN4CCN[C@@H](C)C4)c(C)c3)CC2)c1.Cl. The summed E-state index contributed by atoms with van der Waals surface area (Å²) in [6, 6.07) is 14.4. The molecular formula is C31H44ClN3O4. The largest absolute Gasteiger partial charge is 0.490 e. The summed E-state index contributed by atoms with van der Waals surface area (Å²) in [5.74, 6) is -0.469. The molecule has 4 rings (SSSR count). The minimum atomic E-state index is -0.813. The van der Waals surface area contributed by atoms with Gasteiger partial charge >= 0.3 is 5.97 Å². The van der Waals surface area contributed by atoms with Crippen LogP contribution in [0.3, 0.4) is 0 Å². The van der Waals surface area contributed by atoms with Gasteiger partial charge in [0.2, 0.25) is 5.91 Å². The number of anilines is 1. The molecular weight excluding hydrogens is 514 g/mol. The van der Waals surface area contributed by atoms with Crippen LogP contribution >= 0.6 is 12.4 Å². The van der Waals surface area contributed by atoms with Crippen LogP contribution in [0.4, 0.5) is 5.69 Å². The fourth-order valence-electron chi connectivity index (χ4n) is 5.84. The standard InChI is InChI=1S/C31H43N3O4.ClH/c1-5-29(31(36)37)24-7-6-8-28(18-24)38-27-13-10-23(11-14-27)30(35)33(4)26-12-9-25(21(2)17-26)20-34-16-15-32-22(3)19-34;/h6-9,12,17-18,22-23,27,29,32H,5,10-11,13-16,19-20H2,1-4H3,(H,36,37);1H/t22-,23-,27-,29?;/m0./s1. The molecule has 1 unspecified atom stereocenters. The topological polar surface area (TPSA) is 82.1 Å². The van der Waals surface area contributed by atoms with Crippen LogP contribution in [0.5, 0.6) is 5.75 Å². The third kappa shape index (κ3) is 7.96. The van der Waals surface area contributed by atoms with Gasteiger partial charge in [0, 0.05) is 50.9 Å². The molecule has 2 aromatic rings. The summed E-state index contributed by atoms with van der Waals surface area (Å²) < 4.78 is 6.22. The summed E-state index contributed by atoms with van der Waals surface area (Å²) in [7, 11) is 1.88. The Morgan fingerprint density at radius 1 is 1.15 bits per heavy atom. The number of benzene rings is 2. The molecule has 214 valence electrons. The van der Waals surface area contributed by atoms with E-state index < -0.39 is 11.9 Å². The van der Waals surface area contributed by atoms with Crippen LogP contribution in [0.2, 0.25) is 0 Å². The van der Waals surface area contributed by atoms with E-state index in [0.29, 0.717) is 18.2 Å². The molecule has 8 heteroatoms. The van der Waals surface area contributed by atoms with E-state index in [1.807, 2.05) is 43.1 Å². The van der Waals surface area contributed by atoms with E-state index in [4.69, 9.17) is 4.74 Å². The molecule has 39 heavy (non-hydrogen) atoms. The molecule has 2 aromatic carbocycles. The van der Waals surface area contributed by atoms with E-state index >= 15 is 0 Å². The lowest BCUT2D eigenvalue weighted by Gasteiger charge is -2.32. The van der Waals surface area contributed by atoms with Crippen LogP contribution in [0.1, 0.15) is 68.6 Å². The lowest BCUT2D eigenvalue weighted by molar-refractivity contribution is -0.138. The van der Waals surface area contributed by atoms with Gasteiger partial charge in [-0.25, -0.2) is 0 Å². The van der Waals surface area contributed by atoms with Crippen molar-refractivity contribution in [1.29, 1.82) is 0 Å². The van der Waals surface area contributed by atoms with Crippen molar-refractivity contribution in [2.75, 3.05) is 31.6 Å². The van der Waals surface area contributed by atoms with Crippen molar-refractivity contribution < 1.29 is 19.4 Å². The lowest BCUT2D eigenvalue weighted by Crippen LogP contribution is -2.48. The summed E-state index contributed by atoms with van der Waals surface area (Å²) in [6.45, 7) is 10.3. The number of carboxylic acids is 1. The molecule has 0 aromatic heterocycles. The van der Waals surface area contributed by atoms with Crippen molar-refractivity contribution >= 4 is 30.0 Å². The van der Waals surface area contributed by atoms with Gasteiger partial charge in [-0.3, -0.25) is 14.5 Å². The number of hydrogen-bond donors (Lipinski definition) is 2. The number of piperazine rings is 1. The Kier molecular flexibility index (Phi) is 11.2. The predicted octanol–water partition coefficient (Wildman–Crippen LogP) is 5.39. The molecule has 1 aliphatic heterocycles. The second-order valence-corrected chi connectivity index (χ2v) is 11.1. The highest BCUT2D eigenvalue weighted by molar-refractivity contribution is 5.94. The van der Waals surface area contributed by atoms with Gasteiger partial charge in [-0.2, -0.15) is 0 Å². The number of rotatable bonds is 9. The number of nitrogens with one attached hydrogen (secondary N) is 1. The average Bonchev–Trinajstić information content (AvgIpc) is 2.90. The molecule has 2 N–H and O–H groups in total. The molecule has 1 saturated carbocycles. The van der Waals surface area contributed by atoms with Crippen LogP contribution in [0, 0.1) is 12.8 Å². The fraction of sp³-hybridized carbons (Fsp3) is 0.548. The number of aryl methyl sites for hydroxylation is 1. The zero-order valence-electron chi connectivity index (χ0n) is 23.7. The first-order valence-electron chi connectivity index (χ1n) is 14.1. The lowest BCUT2D eigenvalue weighted by atomic mass is 9.86. The number of amides is 1. The number of carbonyl (C=O) groups excluding carboxylic acids is 1. The van der Waals surface area contributed by atoms with E-state index in [-0.39, 0.29) is 30.3 Å². The van der Waals surface area contributed by atoms with Gasteiger partial charge in [-0.05, 0) is 86.9 Å². The van der Waals surface area contributed by atoms with Crippen LogP contribution in [-0.2, 0) is 16.1 Å². The first kappa shape index (κ1) is 30.9. The minimum Gasteiger partial charge on any atom is -0.490 e. The summed E-state index contributed by atoms with van der Waals surface area (Å²) in [4.78, 5) is 29.2. The Morgan fingerprint density at radius 3 is 2.54 bits per heavy atom. The van der Waals surface area contributed by atoms with Crippen molar-refractivity contribution in [3.05, 3.63) is 59.2 Å². The zero-order chi connectivity index (χ0) is 27.2. The van der Waals surface area contributed by atoms with Crippen molar-refractivity contribution in [3.8, 4) is 5.75 Å². The Morgan fingerprint density at radius 2 is 1.90 bits per heavy atom. The van der Waals surface area contributed by atoms with Gasteiger partial charge in [0.15, 0.2) is 0 Å². The smallest absolute Gasteiger partial charge is 0.310 e. The second-order valence-electron chi connectivity index (χ2n) is 11.1. The maximum absolute atomic E-state index is 13.3. The maximum Gasteiger partial charge on any atom is 0.310 e. The molecule has 1 heterocycles. The number of carbonyl (C=O) groups is 2. The number of carboxylic acid groups (broad SMARTS) is 1. The molecule has 1 amide bonds. The molecule has 0 bridgehead atoms. The van der Waals surface area contributed by atoms with Gasteiger partial charge in [-0.15, -0.1) is 12.4 Å². The highest BCUT2D eigenvalue weighted by atomic mass is 35.5. The molecule has 2 atom stereocenters. The van der Waals surface area contributed by atoms with Crippen molar-refractivity contribution in [2.24, 2.45) is 5.92 Å². The molecule has 1 saturated heterocycles. The first-order chi connectivity index (χ1) is 18.2. The number of hydrogen-bond acceptors (Lipinski definition) is 5. The third-order valence-corrected chi connectivity index (χ3v) is 8.18. The van der Waals surface area contributed by atoms with Crippen molar-refractivity contribution in [2.45, 2.75) is 77.5 Å². The quantitative estimate of drug-likeness (QED) is 0.430. The molecule has 2 aliphatic rings. The zero-order valence-corrected chi connectivity index (χ0v) is 24.5. The van der Waals surface area contributed by atoms with Crippen LogP contribution in [0.25, 0.3) is 0 Å². The first-order valence-corrected chi connectivity index (χ1v) is 14.1. The highest BCUT2D eigenvalue weighted by Crippen LogP contribution is 2.32. The summed E-state index contributed by atoms with van der Waals surface area (Å²) in [5, 5.41) is 13.0. The Bertz CT molecular complexity index is 1120. The van der Waals surface area contributed by atoms with Gasteiger partial charge in [0.05, 0.1) is 12.0 Å². The van der Waals surface area contributed by atoms with Crippen LogP contribution < -0.4 is 15.0 Å². The van der Waals surface area contributed by atoms with E-state index in [1.54, 1.807) is 0 Å². The Labute approximate surface area is 239 Å². The summed E-state index contributed by atoms with van der Waals surface area (Å²) >= 11 is 0. The molecule has 0 spiro atoms. The highest BCUT2D eigenvalue weighted by Gasteiger charge is 2.30. The Hall–Kier alpha value is -2.61. The van der Waals surface area contributed by atoms with Crippen LogP contribution in [-0.4, -0.2) is 60.7 Å². The van der Waals surface area contributed by atoms with Gasteiger partial charge < -0.3 is 20.1 Å². The minimum absolute atomic E-state index is 0. The molecule has 2 fully saturated rings. The van der Waals surface area contributed by atoms with Gasteiger partial charge in [0.1, 0.15) is 5.75 Å².